The van der Waals surface area contributed by atoms with Gasteiger partial charge in [0.1, 0.15) is 5.75 Å². The second-order valence-electron chi connectivity index (χ2n) is 5.38. The van der Waals surface area contributed by atoms with E-state index in [0.29, 0.717) is 6.54 Å². The zero-order valence-corrected chi connectivity index (χ0v) is 14.0. The van der Waals surface area contributed by atoms with E-state index < -0.39 is 6.10 Å². The molecule has 1 aliphatic heterocycles. The largest absolute Gasteiger partial charge is 0.497 e. The summed E-state index contributed by atoms with van der Waals surface area (Å²) in [5.41, 5.74) is 2.33. The molecule has 2 aromatic rings. The normalized spacial score (nSPS) is 18.9. The molecule has 1 aromatic carbocycles. The predicted molar refractivity (Wildman–Crippen MR) is 95.6 cm³/mol. The number of aromatic amines is 1. The van der Waals surface area contributed by atoms with Crippen LogP contribution in [0, 0.1) is 0 Å². The maximum absolute atomic E-state index is 9.17. The van der Waals surface area contributed by atoms with E-state index in [1.807, 2.05) is 18.3 Å². The monoisotopic (exact) mass is 332 g/mol. The molecule has 0 spiro atoms. The molecule has 0 unspecified atom stereocenters. The topological polar surface area (TPSA) is 82.0 Å². The summed E-state index contributed by atoms with van der Waals surface area (Å²) in [5.74, 6) is 0.852. The van der Waals surface area contributed by atoms with Gasteiger partial charge in [0.15, 0.2) is 10.3 Å². The lowest BCUT2D eigenvalue weighted by molar-refractivity contribution is 0.204. The van der Waals surface area contributed by atoms with Crippen molar-refractivity contribution in [1.29, 1.82) is 0 Å². The van der Waals surface area contributed by atoms with Crippen LogP contribution in [0.15, 0.2) is 34.4 Å². The van der Waals surface area contributed by atoms with Crippen LogP contribution in [0.2, 0.25) is 0 Å². The molecule has 0 amide bonds. The SMILES string of the molecule is COc1ccc2c(CCN=C3NC(=NC[C@H](C)O)S3)c[nH]c2c1. The van der Waals surface area contributed by atoms with E-state index >= 15 is 0 Å². The van der Waals surface area contributed by atoms with Crippen LogP contribution in [0.3, 0.4) is 0 Å². The Hall–Kier alpha value is -1.99. The highest BCUT2D eigenvalue weighted by Crippen LogP contribution is 2.23. The summed E-state index contributed by atoms with van der Waals surface area (Å²) in [4.78, 5) is 12.0. The molecule has 3 rings (SSSR count). The Kier molecular flexibility index (Phi) is 4.88. The third kappa shape index (κ3) is 3.86. The number of thioether (sulfide) groups is 1. The highest BCUT2D eigenvalue weighted by atomic mass is 32.2. The molecule has 0 radical (unpaired) electrons. The molecule has 3 N–H and O–H groups in total. The van der Waals surface area contributed by atoms with Crippen molar-refractivity contribution in [1.82, 2.24) is 10.3 Å². The first-order chi connectivity index (χ1) is 11.2. The minimum Gasteiger partial charge on any atom is -0.497 e. The Morgan fingerprint density at radius 2 is 2.09 bits per heavy atom. The summed E-state index contributed by atoms with van der Waals surface area (Å²) >= 11 is 1.51. The standard InChI is InChI=1S/C16H20N4O2S/c1-10(21)8-19-16-20-15(23-16)17-6-5-11-9-18-14-7-12(22-2)3-4-13(11)14/h3-4,7,9-10,18,21H,5-6,8H2,1-2H3,(H,17,19,20)/t10-/m0/s1. The molecule has 6 nitrogen and oxygen atoms in total. The molecule has 1 aliphatic rings. The smallest absolute Gasteiger partial charge is 0.170 e. The summed E-state index contributed by atoms with van der Waals surface area (Å²) in [7, 11) is 1.67. The van der Waals surface area contributed by atoms with Gasteiger partial charge in [-0.15, -0.1) is 0 Å². The van der Waals surface area contributed by atoms with Crippen LogP contribution in [0.25, 0.3) is 10.9 Å². The van der Waals surface area contributed by atoms with Crippen LogP contribution in [0.1, 0.15) is 12.5 Å². The summed E-state index contributed by atoms with van der Waals surface area (Å²) in [6.07, 6.45) is 2.49. The number of nitrogens with one attached hydrogen (secondary N) is 2. The number of hydrogen-bond donors (Lipinski definition) is 3. The van der Waals surface area contributed by atoms with E-state index in [1.165, 1.54) is 22.7 Å². The molecule has 23 heavy (non-hydrogen) atoms. The Balaban J connectivity index is 1.54. The fourth-order valence-electron chi connectivity index (χ4n) is 2.32. The van der Waals surface area contributed by atoms with E-state index in [2.05, 4.69) is 26.4 Å². The Bertz CT molecular complexity index is 742. The second-order valence-corrected chi connectivity index (χ2v) is 6.36. The van der Waals surface area contributed by atoms with Crippen LogP contribution in [0.5, 0.6) is 5.75 Å². The molecule has 0 aliphatic carbocycles. The van der Waals surface area contributed by atoms with Crippen molar-refractivity contribution in [3.05, 3.63) is 30.0 Å². The number of H-pyrrole nitrogens is 1. The van der Waals surface area contributed by atoms with Gasteiger partial charge in [0.25, 0.3) is 0 Å². The number of hydrogen-bond acceptors (Lipinski definition) is 5. The zero-order chi connectivity index (χ0) is 16.2. The number of rotatable bonds is 6. The Labute approximate surface area is 139 Å². The van der Waals surface area contributed by atoms with Crippen molar-refractivity contribution in [3.8, 4) is 5.75 Å². The van der Waals surface area contributed by atoms with Gasteiger partial charge in [0.2, 0.25) is 0 Å². The van der Waals surface area contributed by atoms with Gasteiger partial charge in [-0.05, 0) is 42.8 Å². The highest BCUT2D eigenvalue weighted by Gasteiger charge is 2.19. The minimum atomic E-state index is -0.411. The van der Waals surface area contributed by atoms with Crippen molar-refractivity contribution < 1.29 is 9.84 Å². The third-order valence-corrected chi connectivity index (χ3v) is 4.37. The number of nitrogens with zero attached hydrogens (tertiary/aromatic N) is 2. The van der Waals surface area contributed by atoms with Crippen molar-refractivity contribution >= 4 is 33.0 Å². The van der Waals surface area contributed by atoms with Crippen LogP contribution in [-0.2, 0) is 6.42 Å². The summed E-state index contributed by atoms with van der Waals surface area (Å²) in [6, 6.07) is 6.04. The Morgan fingerprint density at radius 3 is 2.83 bits per heavy atom. The predicted octanol–water partition coefficient (Wildman–Crippen LogP) is 2.15. The van der Waals surface area contributed by atoms with E-state index in [1.54, 1.807) is 14.0 Å². The van der Waals surface area contributed by atoms with Crippen molar-refractivity contribution in [2.75, 3.05) is 20.2 Å². The van der Waals surface area contributed by atoms with Gasteiger partial charge in [-0.25, -0.2) is 0 Å². The molecule has 2 heterocycles. The molecule has 1 fully saturated rings. The molecule has 7 heteroatoms. The lowest BCUT2D eigenvalue weighted by Gasteiger charge is -2.20. The number of benzene rings is 1. The number of aliphatic hydroxyl groups is 1. The van der Waals surface area contributed by atoms with Crippen molar-refractivity contribution in [3.63, 3.8) is 0 Å². The molecule has 1 saturated heterocycles. The lowest BCUT2D eigenvalue weighted by Crippen LogP contribution is -2.39. The molecule has 122 valence electrons. The summed E-state index contributed by atoms with van der Waals surface area (Å²) in [5, 5.41) is 15.2. The molecule has 1 atom stereocenters. The van der Waals surface area contributed by atoms with E-state index in [9.17, 15) is 0 Å². The third-order valence-electron chi connectivity index (χ3n) is 3.52. The zero-order valence-electron chi connectivity index (χ0n) is 13.2. The number of fused-ring (bicyclic) bond motifs is 1. The van der Waals surface area contributed by atoms with Crippen LogP contribution in [-0.4, -0.2) is 46.7 Å². The molecular weight excluding hydrogens is 312 g/mol. The van der Waals surface area contributed by atoms with Gasteiger partial charge in [0, 0.05) is 29.7 Å². The van der Waals surface area contributed by atoms with E-state index in [0.717, 1.165) is 34.6 Å². The second kappa shape index (κ2) is 7.06. The molecular formula is C16H20N4O2S. The van der Waals surface area contributed by atoms with Gasteiger partial charge in [-0.3, -0.25) is 9.98 Å². The van der Waals surface area contributed by atoms with Crippen LogP contribution >= 0.6 is 11.8 Å². The maximum atomic E-state index is 9.17. The number of aliphatic imine (C=N–C) groups is 2. The maximum Gasteiger partial charge on any atom is 0.170 e. The average Bonchev–Trinajstić information content (AvgIpc) is 2.90. The molecule has 0 saturated carbocycles. The van der Waals surface area contributed by atoms with Gasteiger partial charge in [-0.1, -0.05) is 0 Å². The van der Waals surface area contributed by atoms with Gasteiger partial charge in [0.05, 0.1) is 19.8 Å². The summed E-state index contributed by atoms with van der Waals surface area (Å²) < 4.78 is 5.23. The number of aliphatic hydroxyl groups excluding tert-OH is 1. The van der Waals surface area contributed by atoms with Gasteiger partial charge >= 0.3 is 0 Å². The van der Waals surface area contributed by atoms with Crippen LogP contribution < -0.4 is 10.1 Å². The van der Waals surface area contributed by atoms with E-state index in [-0.39, 0.29) is 0 Å². The minimum absolute atomic E-state index is 0.411. The van der Waals surface area contributed by atoms with Crippen molar-refractivity contribution in [2.45, 2.75) is 19.4 Å². The van der Waals surface area contributed by atoms with E-state index in [4.69, 9.17) is 9.84 Å². The first kappa shape index (κ1) is 15.9. The fourth-order valence-corrected chi connectivity index (χ4v) is 2.94. The highest BCUT2D eigenvalue weighted by molar-refractivity contribution is 8.29. The average molecular weight is 332 g/mol. The number of ether oxygens (including phenoxy) is 1. The van der Waals surface area contributed by atoms with Crippen LogP contribution in [0.4, 0.5) is 0 Å². The Morgan fingerprint density at radius 1 is 1.30 bits per heavy atom. The summed E-state index contributed by atoms with van der Waals surface area (Å²) in [6.45, 7) is 2.86. The first-order valence-electron chi connectivity index (χ1n) is 7.51. The molecule has 1 aromatic heterocycles. The van der Waals surface area contributed by atoms with Crippen molar-refractivity contribution in [2.24, 2.45) is 9.98 Å². The fraction of sp³-hybridized carbons (Fsp3) is 0.375. The first-order valence-corrected chi connectivity index (χ1v) is 8.33. The number of methoxy groups -OCH3 is 1. The number of aromatic nitrogens is 1. The molecule has 0 bridgehead atoms. The van der Waals surface area contributed by atoms with Gasteiger partial charge in [-0.2, -0.15) is 0 Å². The quantitative estimate of drug-likeness (QED) is 0.757. The van der Waals surface area contributed by atoms with Gasteiger partial charge < -0.3 is 20.1 Å². The number of amidine groups is 2. The lowest BCUT2D eigenvalue weighted by atomic mass is 10.1.